The molecule has 1 fully saturated rings. The van der Waals surface area contributed by atoms with Gasteiger partial charge in [0, 0.05) is 57.3 Å². The molecule has 2 aromatic heterocycles. The van der Waals surface area contributed by atoms with Crippen LogP contribution in [0.2, 0.25) is 0 Å². The predicted octanol–water partition coefficient (Wildman–Crippen LogP) is 2.62. The Morgan fingerprint density at radius 1 is 1.38 bits per heavy atom. The van der Waals surface area contributed by atoms with E-state index in [9.17, 15) is 0 Å². The molecule has 0 spiro atoms. The zero-order chi connectivity index (χ0) is 18.4. The zero-order valence-corrected chi connectivity index (χ0v) is 16.8. The van der Waals surface area contributed by atoms with Crippen LogP contribution in [0.5, 0.6) is 0 Å². The molecule has 0 saturated carbocycles. The van der Waals surface area contributed by atoms with E-state index in [1.54, 1.807) is 0 Å². The summed E-state index contributed by atoms with van der Waals surface area (Å²) in [6.45, 7) is 10.0. The van der Waals surface area contributed by atoms with Crippen molar-refractivity contribution in [3.8, 4) is 0 Å². The molecule has 1 unspecified atom stereocenters. The van der Waals surface area contributed by atoms with Gasteiger partial charge in [0.2, 0.25) is 0 Å². The van der Waals surface area contributed by atoms with Gasteiger partial charge in [-0.3, -0.25) is 9.89 Å². The number of nitrogens with one attached hydrogen (secondary N) is 1. The molecular weight excluding hydrogens is 346 g/mol. The molecule has 0 amide bonds. The second-order valence-corrected chi connectivity index (χ2v) is 8.04. The van der Waals surface area contributed by atoms with Crippen molar-refractivity contribution in [2.24, 2.45) is 10.9 Å². The van der Waals surface area contributed by atoms with Crippen molar-refractivity contribution in [3.63, 3.8) is 0 Å². The normalized spacial score (nSPS) is 17.5. The van der Waals surface area contributed by atoms with Gasteiger partial charge in [-0.2, -0.15) is 0 Å². The summed E-state index contributed by atoms with van der Waals surface area (Å²) in [5, 5.41) is 9.79. The van der Waals surface area contributed by atoms with E-state index in [2.05, 4.69) is 49.7 Å². The van der Waals surface area contributed by atoms with Crippen LogP contribution in [0, 0.1) is 12.8 Å². The van der Waals surface area contributed by atoms with Gasteiger partial charge in [0.15, 0.2) is 5.96 Å². The Balaban J connectivity index is 1.41. The third-order valence-corrected chi connectivity index (χ3v) is 5.58. The van der Waals surface area contributed by atoms with Gasteiger partial charge >= 0.3 is 0 Å². The first-order valence-electron chi connectivity index (χ1n) is 9.26. The highest BCUT2D eigenvalue weighted by molar-refractivity contribution is 7.09. The summed E-state index contributed by atoms with van der Waals surface area (Å²) in [6.07, 6.45) is 1.12. The molecule has 3 rings (SSSR count). The van der Waals surface area contributed by atoms with Gasteiger partial charge < -0.3 is 14.7 Å². The largest absolute Gasteiger partial charge is 0.361 e. The van der Waals surface area contributed by atoms with Crippen molar-refractivity contribution in [1.82, 2.24) is 20.3 Å². The number of aliphatic imine (C=N–C) groups is 1. The number of rotatable bonds is 6. The first-order chi connectivity index (χ1) is 12.6. The molecule has 1 saturated heterocycles. The van der Waals surface area contributed by atoms with E-state index in [4.69, 9.17) is 4.52 Å². The first kappa shape index (κ1) is 18.9. The number of thiophene rings is 1. The molecule has 0 aromatic carbocycles. The average molecular weight is 376 g/mol. The topological polar surface area (TPSA) is 56.9 Å². The van der Waals surface area contributed by atoms with Crippen LogP contribution in [0.3, 0.4) is 0 Å². The third-order valence-electron chi connectivity index (χ3n) is 4.68. The standard InChI is InChI=1S/C19H29N5OS/c1-15(11-18-5-4-10-26-18)13-21-19(20-3)24-8-6-23(7-9-24)14-17-12-16(2)25-22-17/h4-5,10,12,15H,6-9,11,13-14H2,1-3H3,(H,20,21). The summed E-state index contributed by atoms with van der Waals surface area (Å²) in [5.41, 5.74) is 1.01. The number of nitrogens with zero attached hydrogens (tertiary/aromatic N) is 4. The van der Waals surface area contributed by atoms with E-state index in [0.717, 1.165) is 63.1 Å². The number of aryl methyl sites for hydroxylation is 1. The van der Waals surface area contributed by atoms with Crippen molar-refractivity contribution >= 4 is 17.3 Å². The van der Waals surface area contributed by atoms with Gasteiger partial charge in [0.05, 0.1) is 5.69 Å². The summed E-state index contributed by atoms with van der Waals surface area (Å²) >= 11 is 1.84. The summed E-state index contributed by atoms with van der Waals surface area (Å²) in [5.74, 6) is 2.47. The summed E-state index contributed by atoms with van der Waals surface area (Å²) in [7, 11) is 1.87. The number of piperazine rings is 1. The van der Waals surface area contributed by atoms with Crippen molar-refractivity contribution in [2.45, 2.75) is 26.8 Å². The maximum absolute atomic E-state index is 5.16. The molecule has 7 heteroatoms. The maximum Gasteiger partial charge on any atom is 0.193 e. The van der Waals surface area contributed by atoms with E-state index in [0.29, 0.717) is 5.92 Å². The van der Waals surface area contributed by atoms with Crippen LogP contribution >= 0.6 is 11.3 Å². The van der Waals surface area contributed by atoms with Gasteiger partial charge in [0.25, 0.3) is 0 Å². The molecule has 6 nitrogen and oxygen atoms in total. The highest BCUT2D eigenvalue weighted by Gasteiger charge is 2.20. The van der Waals surface area contributed by atoms with Crippen LogP contribution in [0.1, 0.15) is 23.3 Å². The van der Waals surface area contributed by atoms with Crippen molar-refractivity contribution in [3.05, 3.63) is 39.9 Å². The molecule has 1 atom stereocenters. The zero-order valence-electron chi connectivity index (χ0n) is 15.9. The molecular formula is C19H29N5OS. The Kier molecular flexibility index (Phi) is 6.68. The van der Waals surface area contributed by atoms with Crippen molar-refractivity contribution in [1.29, 1.82) is 0 Å². The van der Waals surface area contributed by atoms with Gasteiger partial charge in [-0.15, -0.1) is 11.3 Å². The van der Waals surface area contributed by atoms with E-state index in [1.165, 1.54) is 4.88 Å². The van der Waals surface area contributed by atoms with Gasteiger partial charge in [-0.05, 0) is 30.7 Å². The lowest BCUT2D eigenvalue weighted by atomic mass is 10.1. The quantitative estimate of drug-likeness (QED) is 0.621. The van der Waals surface area contributed by atoms with Crippen LogP contribution in [-0.2, 0) is 13.0 Å². The lowest BCUT2D eigenvalue weighted by Crippen LogP contribution is -2.52. The number of hydrogen-bond acceptors (Lipinski definition) is 5. The van der Waals surface area contributed by atoms with Crippen LogP contribution in [0.25, 0.3) is 0 Å². The minimum absolute atomic E-state index is 0.585. The predicted molar refractivity (Wildman–Crippen MR) is 107 cm³/mol. The summed E-state index contributed by atoms with van der Waals surface area (Å²) in [4.78, 5) is 10.7. The second-order valence-electron chi connectivity index (χ2n) is 7.01. The molecule has 0 radical (unpaired) electrons. The van der Waals surface area contributed by atoms with Crippen LogP contribution < -0.4 is 5.32 Å². The Morgan fingerprint density at radius 2 is 2.19 bits per heavy atom. The van der Waals surface area contributed by atoms with Crippen LogP contribution in [0.15, 0.2) is 33.1 Å². The SMILES string of the molecule is CN=C(NCC(C)Cc1cccs1)N1CCN(Cc2cc(C)on2)CC1. The molecule has 26 heavy (non-hydrogen) atoms. The number of hydrogen-bond donors (Lipinski definition) is 1. The highest BCUT2D eigenvalue weighted by atomic mass is 32.1. The maximum atomic E-state index is 5.16. The van der Waals surface area contributed by atoms with Gasteiger partial charge in [-0.1, -0.05) is 18.1 Å². The van der Waals surface area contributed by atoms with Crippen molar-refractivity contribution < 1.29 is 4.52 Å². The summed E-state index contributed by atoms with van der Waals surface area (Å²) < 4.78 is 5.16. The monoisotopic (exact) mass is 375 g/mol. The Bertz CT molecular complexity index is 689. The highest BCUT2D eigenvalue weighted by Crippen LogP contribution is 2.14. The smallest absolute Gasteiger partial charge is 0.193 e. The molecule has 1 N–H and O–H groups in total. The molecule has 142 valence electrons. The second kappa shape index (κ2) is 9.19. The van der Waals surface area contributed by atoms with E-state index >= 15 is 0 Å². The molecule has 0 bridgehead atoms. The molecule has 1 aliphatic rings. The lowest BCUT2D eigenvalue weighted by molar-refractivity contribution is 0.168. The van der Waals surface area contributed by atoms with Gasteiger partial charge in [0.1, 0.15) is 5.76 Å². The minimum atomic E-state index is 0.585. The molecule has 2 aromatic rings. The Labute approximate surface area is 159 Å². The molecule has 3 heterocycles. The fraction of sp³-hybridized carbons (Fsp3) is 0.579. The lowest BCUT2D eigenvalue weighted by Gasteiger charge is -2.36. The summed E-state index contributed by atoms with van der Waals surface area (Å²) in [6, 6.07) is 6.35. The van der Waals surface area contributed by atoms with E-state index < -0.39 is 0 Å². The number of aromatic nitrogens is 1. The Morgan fingerprint density at radius 3 is 2.81 bits per heavy atom. The molecule has 0 aliphatic carbocycles. The molecule has 1 aliphatic heterocycles. The fourth-order valence-corrected chi connectivity index (χ4v) is 4.15. The first-order valence-corrected chi connectivity index (χ1v) is 10.1. The Hall–Kier alpha value is -1.86. The number of guanidine groups is 1. The van der Waals surface area contributed by atoms with Gasteiger partial charge in [-0.25, -0.2) is 0 Å². The van der Waals surface area contributed by atoms with Crippen LogP contribution in [-0.4, -0.2) is 60.7 Å². The minimum Gasteiger partial charge on any atom is -0.361 e. The average Bonchev–Trinajstić information content (AvgIpc) is 3.28. The van der Waals surface area contributed by atoms with E-state index in [-0.39, 0.29) is 0 Å². The third kappa shape index (κ3) is 5.32. The fourth-order valence-electron chi connectivity index (χ4n) is 3.28. The van der Waals surface area contributed by atoms with Crippen LogP contribution in [0.4, 0.5) is 0 Å². The van der Waals surface area contributed by atoms with Crippen molar-refractivity contribution in [2.75, 3.05) is 39.8 Å². The van der Waals surface area contributed by atoms with E-state index in [1.807, 2.05) is 31.4 Å².